The third-order valence-electron chi connectivity index (χ3n) is 4.53. The van der Waals surface area contributed by atoms with Gasteiger partial charge in [0.05, 0.1) is 0 Å². The fraction of sp³-hybridized carbons (Fsp3) is 1.00. The van der Waals surface area contributed by atoms with Crippen molar-refractivity contribution < 1.29 is 0 Å². The van der Waals surface area contributed by atoms with E-state index < -0.39 is 0 Å². The number of hydrazine groups is 1. The summed E-state index contributed by atoms with van der Waals surface area (Å²) in [5, 5.41) is 0. The van der Waals surface area contributed by atoms with Gasteiger partial charge >= 0.3 is 0 Å². The molecule has 2 atom stereocenters. The molecular weight excluding hydrogens is 186 g/mol. The van der Waals surface area contributed by atoms with Crippen LogP contribution in [0.2, 0.25) is 0 Å². The molecule has 0 aromatic carbocycles. The van der Waals surface area contributed by atoms with Crippen molar-refractivity contribution in [3.05, 3.63) is 0 Å². The van der Waals surface area contributed by atoms with Gasteiger partial charge in [0, 0.05) is 24.7 Å². The Labute approximate surface area is 92.4 Å². The maximum atomic E-state index is 5.60. The van der Waals surface area contributed by atoms with Gasteiger partial charge in [-0.05, 0) is 44.4 Å². The van der Waals surface area contributed by atoms with Crippen molar-refractivity contribution in [3.8, 4) is 0 Å². The minimum Gasteiger partial charge on any atom is -0.297 e. The largest absolute Gasteiger partial charge is 0.297 e. The molecule has 2 saturated heterocycles. The lowest BCUT2D eigenvalue weighted by molar-refractivity contribution is 0.0209. The molecule has 3 fully saturated rings. The van der Waals surface area contributed by atoms with Gasteiger partial charge in [-0.25, -0.2) is 0 Å². The second kappa shape index (κ2) is 4.04. The minimum absolute atomic E-state index is 0.579. The number of hydrogen-bond donors (Lipinski definition) is 2. The highest BCUT2D eigenvalue weighted by Gasteiger charge is 2.39. The molecule has 2 aliphatic heterocycles. The molecular formula is C12H23N3. The Kier molecular flexibility index (Phi) is 2.71. The lowest BCUT2D eigenvalue weighted by Crippen LogP contribution is -2.57. The second-order valence-electron chi connectivity index (χ2n) is 5.71. The van der Waals surface area contributed by atoms with E-state index in [9.17, 15) is 0 Å². The third-order valence-corrected chi connectivity index (χ3v) is 4.53. The average Bonchev–Trinajstić information content (AvgIpc) is 3.01. The van der Waals surface area contributed by atoms with Crippen LogP contribution in [0.3, 0.4) is 0 Å². The fourth-order valence-electron chi connectivity index (χ4n) is 3.51. The molecule has 0 amide bonds. The summed E-state index contributed by atoms with van der Waals surface area (Å²) in [5.41, 5.74) is 3.00. The van der Waals surface area contributed by atoms with E-state index >= 15 is 0 Å². The topological polar surface area (TPSA) is 41.3 Å². The Morgan fingerprint density at radius 1 is 1.07 bits per heavy atom. The van der Waals surface area contributed by atoms with Gasteiger partial charge in [0.2, 0.25) is 0 Å². The maximum Gasteiger partial charge on any atom is 0.0240 e. The molecule has 0 unspecified atom stereocenters. The zero-order valence-electron chi connectivity index (χ0n) is 9.49. The molecule has 0 radical (unpaired) electrons. The normalized spacial score (nSPS) is 41.8. The highest BCUT2D eigenvalue weighted by atomic mass is 15.3. The molecule has 3 nitrogen and oxygen atoms in total. The predicted octanol–water partition coefficient (Wildman–Crippen LogP) is 1.25. The maximum absolute atomic E-state index is 5.60. The van der Waals surface area contributed by atoms with Crippen LogP contribution >= 0.6 is 0 Å². The predicted molar refractivity (Wildman–Crippen MR) is 61.2 cm³/mol. The Morgan fingerprint density at radius 3 is 2.27 bits per heavy atom. The summed E-state index contributed by atoms with van der Waals surface area (Å²) in [4.78, 5) is 2.81. The summed E-state index contributed by atoms with van der Waals surface area (Å²) in [5.74, 6) is 6.63. The summed E-state index contributed by atoms with van der Waals surface area (Å²) in [6.45, 7) is 1.38. The van der Waals surface area contributed by atoms with Crippen molar-refractivity contribution in [3.63, 3.8) is 0 Å². The Bertz CT molecular complexity index is 213. The van der Waals surface area contributed by atoms with E-state index in [-0.39, 0.29) is 0 Å². The molecule has 15 heavy (non-hydrogen) atoms. The molecule has 0 aromatic heterocycles. The fourth-order valence-corrected chi connectivity index (χ4v) is 3.51. The molecule has 3 N–H and O–H groups in total. The molecule has 2 bridgehead atoms. The standard InChI is InChI=1S/C12H23N3/c13-14-10-6-11-2-1-3-12(7-10)15(11)8-9-4-5-9/h9-12,14H,1-8,13H2/t11-,12-/m0/s1. The van der Waals surface area contributed by atoms with Crippen molar-refractivity contribution in [1.82, 2.24) is 10.3 Å². The number of fused-ring (bicyclic) bond motifs is 2. The lowest BCUT2D eigenvalue weighted by Gasteiger charge is -2.49. The molecule has 2 heterocycles. The lowest BCUT2D eigenvalue weighted by atomic mass is 9.82. The van der Waals surface area contributed by atoms with Gasteiger partial charge < -0.3 is 0 Å². The van der Waals surface area contributed by atoms with E-state index in [1.807, 2.05) is 0 Å². The van der Waals surface area contributed by atoms with Crippen molar-refractivity contribution in [2.75, 3.05) is 6.54 Å². The van der Waals surface area contributed by atoms with Crippen LogP contribution < -0.4 is 11.3 Å². The molecule has 0 aromatic rings. The van der Waals surface area contributed by atoms with Gasteiger partial charge in [-0.1, -0.05) is 6.42 Å². The summed E-state index contributed by atoms with van der Waals surface area (Å²) in [6, 6.07) is 2.24. The van der Waals surface area contributed by atoms with E-state index in [0.717, 1.165) is 18.0 Å². The van der Waals surface area contributed by atoms with Crippen LogP contribution in [-0.4, -0.2) is 29.6 Å². The van der Waals surface area contributed by atoms with Gasteiger partial charge in [0.15, 0.2) is 0 Å². The van der Waals surface area contributed by atoms with Gasteiger partial charge in [0.25, 0.3) is 0 Å². The van der Waals surface area contributed by atoms with E-state index in [1.54, 1.807) is 0 Å². The molecule has 3 aliphatic rings. The van der Waals surface area contributed by atoms with Gasteiger partial charge in [-0.15, -0.1) is 0 Å². The third kappa shape index (κ3) is 2.05. The molecule has 86 valence electrons. The van der Waals surface area contributed by atoms with Crippen molar-refractivity contribution >= 4 is 0 Å². The quantitative estimate of drug-likeness (QED) is 0.543. The molecule has 1 aliphatic carbocycles. The Balaban J connectivity index is 1.66. The molecule has 3 rings (SSSR count). The first kappa shape index (κ1) is 10.1. The first-order valence-electron chi connectivity index (χ1n) is 6.58. The van der Waals surface area contributed by atoms with Gasteiger partial charge in [-0.2, -0.15) is 0 Å². The Hall–Kier alpha value is -0.120. The number of hydrogen-bond acceptors (Lipinski definition) is 3. The number of rotatable bonds is 3. The van der Waals surface area contributed by atoms with Crippen LogP contribution in [0.1, 0.15) is 44.9 Å². The summed E-state index contributed by atoms with van der Waals surface area (Å²) in [6.07, 6.45) is 9.76. The monoisotopic (exact) mass is 209 g/mol. The Morgan fingerprint density at radius 2 is 1.73 bits per heavy atom. The summed E-state index contributed by atoms with van der Waals surface area (Å²) in [7, 11) is 0. The number of nitrogens with one attached hydrogen (secondary N) is 1. The van der Waals surface area contributed by atoms with E-state index in [2.05, 4.69) is 10.3 Å². The summed E-state index contributed by atoms with van der Waals surface area (Å²) < 4.78 is 0. The molecule has 3 heteroatoms. The van der Waals surface area contributed by atoms with Crippen LogP contribution in [0.25, 0.3) is 0 Å². The first-order valence-corrected chi connectivity index (χ1v) is 6.58. The van der Waals surface area contributed by atoms with E-state index in [0.29, 0.717) is 6.04 Å². The second-order valence-corrected chi connectivity index (χ2v) is 5.71. The van der Waals surface area contributed by atoms with Gasteiger partial charge in [-0.3, -0.25) is 16.2 Å². The van der Waals surface area contributed by atoms with Crippen molar-refractivity contribution in [2.45, 2.75) is 63.1 Å². The number of nitrogens with two attached hydrogens (primary N) is 1. The average molecular weight is 209 g/mol. The van der Waals surface area contributed by atoms with Crippen LogP contribution in [0.15, 0.2) is 0 Å². The van der Waals surface area contributed by atoms with Crippen LogP contribution in [-0.2, 0) is 0 Å². The minimum atomic E-state index is 0.579. The zero-order chi connectivity index (χ0) is 10.3. The number of nitrogens with zero attached hydrogens (tertiary/aromatic N) is 1. The van der Waals surface area contributed by atoms with E-state index in [4.69, 9.17) is 5.84 Å². The first-order chi connectivity index (χ1) is 7.36. The van der Waals surface area contributed by atoms with Crippen molar-refractivity contribution in [2.24, 2.45) is 11.8 Å². The van der Waals surface area contributed by atoms with Crippen molar-refractivity contribution in [1.29, 1.82) is 0 Å². The molecule has 1 saturated carbocycles. The van der Waals surface area contributed by atoms with Crippen LogP contribution in [0.5, 0.6) is 0 Å². The highest BCUT2D eigenvalue weighted by Crippen LogP contribution is 2.38. The van der Waals surface area contributed by atoms with Crippen LogP contribution in [0.4, 0.5) is 0 Å². The van der Waals surface area contributed by atoms with Gasteiger partial charge in [0.1, 0.15) is 0 Å². The highest BCUT2D eigenvalue weighted by molar-refractivity contribution is 4.96. The van der Waals surface area contributed by atoms with E-state index in [1.165, 1.54) is 51.5 Å². The van der Waals surface area contributed by atoms with Crippen LogP contribution in [0, 0.1) is 5.92 Å². The molecule has 0 spiro atoms. The summed E-state index contributed by atoms with van der Waals surface area (Å²) >= 11 is 0. The smallest absolute Gasteiger partial charge is 0.0240 e. The number of piperidine rings is 2. The SMILES string of the molecule is NNC1C[C@@H]2CCC[C@@H](C1)N2CC1CC1. The zero-order valence-corrected chi connectivity index (χ0v) is 9.49.